The molecule has 4 N–H and O–H groups in total. The fourth-order valence-electron chi connectivity index (χ4n) is 0.734. The Balaban J connectivity index is 0.00000121. The average molecular weight is 184 g/mol. The summed E-state index contributed by atoms with van der Waals surface area (Å²) in [5.41, 5.74) is 0.470. The van der Waals surface area contributed by atoms with Crippen molar-refractivity contribution in [2.45, 2.75) is 0 Å². The fraction of sp³-hybridized carbons (Fsp3) is 0. The zero-order chi connectivity index (χ0) is 8.27. The summed E-state index contributed by atoms with van der Waals surface area (Å²) in [6, 6.07) is 6.36. The molecule has 0 radical (unpaired) electrons. The number of carboxylic acid groups (broad SMARTS) is 1. The number of rotatable bonds is 2. The van der Waals surface area contributed by atoms with Crippen LogP contribution in [0, 0.1) is 0 Å². The first-order valence-electron chi connectivity index (χ1n) is 2.91. The lowest BCUT2D eigenvalue weighted by Crippen LogP contribution is -1.95. The standard InChI is InChI=1S/C7H5NO2S.H3N/c9-7(10)5-3-1-2-4-6(5)8-11;/h1-4H,(H,9,10);1H3. The van der Waals surface area contributed by atoms with Crippen molar-refractivity contribution in [3.63, 3.8) is 0 Å². The van der Waals surface area contributed by atoms with Gasteiger partial charge in [-0.3, -0.25) is 0 Å². The molecule has 0 saturated heterocycles. The van der Waals surface area contributed by atoms with Gasteiger partial charge in [0.05, 0.1) is 11.3 Å². The van der Waals surface area contributed by atoms with Crippen molar-refractivity contribution in [2.24, 2.45) is 4.36 Å². The number of benzene rings is 1. The van der Waals surface area contributed by atoms with Crippen molar-refractivity contribution in [1.29, 1.82) is 0 Å². The molecule has 0 fully saturated rings. The maximum Gasteiger partial charge on any atom is 0.337 e. The third-order valence-corrected chi connectivity index (χ3v) is 1.43. The number of nitrogens with zero attached hydrogens (tertiary/aromatic N) is 1. The Hall–Kier alpha value is -1.33. The average Bonchev–Trinajstić information content (AvgIpc) is 2.04. The maximum atomic E-state index is 10.5. The van der Waals surface area contributed by atoms with Gasteiger partial charge in [-0.1, -0.05) is 12.1 Å². The van der Waals surface area contributed by atoms with Crippen LogP contribution in [0.4, 0.5) is 5.69 Å². The third-order valence-electron chi connectivity index (χ3n) is 1.23. The van der Waals surface area contributed by atoms with E-state index in [0.29, 0.717) is 5.69 Å². The molecule has 0 aliphatic heterocycles. The van der Waals surface area contributed by atoms with Gasteiger partial charge in [-0.25, -0.2) is 4.79 Å². The first kappa shape index (κ1) is 10.7. The lowest BCUT2D eigenvalue weighted by Gasteiger charge is -1.95. The Bertz CT molecular complexity index is 301. The monoisotopic (exact) mass is 184 g/mol. The number of hydrogen-bond acceptors (Lipinski definition) is 4. The summed E-state index contributed by atoms with van der Waals surface area (Å²) in [5.74, 6) is -1.01. The minimum atomic E-state index is -1.01. The van der Waals surface area contributed by atoms with Crippen LogP contribution >= 0.6 is 0 Å². The van der Waals surface area contributed by atoms with Crippen LogP contribution in [0.15, 0.2) is 28.6 Å². The Morgan fingerprint density at radius 2 is 2.00 bits per heavy atom. The van der Waals surface area contributed by atoms with Gasteiger partial charge in [0.2, 0.25) is 0 Å². The van der Waals surface area contributed by atoms with Crippen LogP contribution in [0.25, 0.3) is 0 Å². The summed E-state index contributed by atoms with van der Waals surface area (Å²) < 4.78 is 3.39. The summed E-state index contributed by atoms with van der Waals surface area (Å²) in [6.07, 6.45) is 0. The topological polar surface area (TPSA) is 84.7 Å². The third kappa shape index (κ3) is 2.08. The number of carbonyl (C=O) groups is 1. The summed E-state index contributed by atoms with van der Waals surface area (Å²) in [7, 11) is 0. The summed E-state index contributed by atoms with van der Waals surface area (Å²) in [5, 5.41) is 8.59. The molecule has 1 aromatic rings. The molecule has 1 aromatic carbocycles. The lowest BCUT2D eigenvalue weighted by molar-refractivity contribution is 0.0698. The van der Waals surface area contributed by atoms with Gasteiger partial charge in [0, 0.05) is 12.4 Å². The molecule has 0 bridgehead atoms. The normalized spacial score (nSPS) is 8.33. The Morgan fingerprint density at radius 1 is 1.42 bits per heavy atom. The molecule has 0 aliphatic rings. The molecule has 64 valence electrons. The SMILES string of the molecule is N.O=C(O)c1ccccc1N=S. The van der Waals surface area contributed by atoms with Crippen molar-refractivity contribution in [1.82, 2.24) is 6.15 Å². The van der Waals surface area contributed by atoms with E-state index in [1.807, 2.05) is 0 Å². The first-order chi connectivity index (χ1) is 5.25. The quantitative estimate of drug-likeness (QED) is 0.735. The molecule has 0 atom stereocenters. The van der Waals surface area contributed by atoms with Gasteiger partial charge >= 0.3 is 5.97 Å². The Morgan fingerprint density at radius 3 is 2.42 bits per heavy atom. The second kappa shape index (κ2) is 4.53. The summed E-state index contributed by atoms with van der Waals surface area (Å²) >= 11 is 4.39. The van der Waals surface area contributed by atoms with Gasteiger partial charge in [-0.05, 0) is 12.1 Å². The van der Waals surface area contributed by atoms with Crippen LogP contribution in [0.1, 0.15) is 10.4 Å². The van der Waals surface area contributed by atoms with Crippen LogP contribution < -0.4 is 6.15 Å². The molecule has 1 rings (SSSR count). The van der Waals surface area contributed by atoms with E-state index >= 15 is 0 Å². The minimum Gasteiger partial charge on any atom is -0.478 e. The molecule has 0 spiro atoms. The largest absolute Gasteiger partial charge is 0.478 e. The molecule has 0 unspecified atom stereocenters. The van der Waals surface area contributed by atoms with Gasteiger partial charge in [-0.2, -0.15) is 4.36 Å². The van der Waals surface area contributed by atoms with Crippen molar-refractivity contribution >= 4 is 24.1 Å². The van der Waals surface area contributed by atoms with Gasteiger partial charge < -0.3 is 11.3 Å². The van der Waals surface area contributed by atoms with Crippen LogP contribution in [-0.2, 0) is 12.4 Å². The minimum absolute atomic E-state index is 0. The van der Waals surface area contributed by atoms with E-state index in [2.05, 4.69) is 16.8 Å². The summed E-state index contributed by atoms with van der Waals surface area (Å²) in [4.78, 5) is 10.5. The number of aromatic carboxylic acids is 1. The number of carboxylic acids is 1. The molecule has 0 aliphatic carbocycles. The van der Waals surface area contributed by atoms with Crippen LogP contribution in [0.5, 0.6) is 0 Å². The first-order valence-corrected chi connectivity index (χ1v) is 3.28. The smallest absolute Gasteiger partial charge is 0.337 e. The Kier molecular flexibility index (Phi) is 4.03. The molecular weight excluding hydrogens is 176 g/mol. The molecule has 0 aromatic heterocycles. The molecular formula is C7H8N2O2S. The van der Waals surface area contributed by atoms with E-state index in [1.165, 1.54) is 6.07 Å². The van der Waals surface area contributed by atoms with E-state index in [1.54, 1.807) is 18.2 Å². The zero-order valence-corrected chi connectivity index (χ0v) is 7.04. The highest BCUT2D eigenvalue weighted by molar-refractivity contribution is 7.47. The molecule has 0 amide bonds. The van der Waals surface area contributed by atoms with Crippen molar-refractivity contribution in [3.8, 4) is 0 Å². The van der Waals surface area contributed by atoms with E-state index in [-0.39, 0.29) is 11.7 Å². The van der Waals surface area contributed by atoms with Gasteiger partial charge in [-0.15, -0.1) is 0 Å². The van der Waals surface area contributed by atoms with Gasteiger partial charge in [0.1, 0.15) is 0 Å². The highest BCUT2D eigenvalue weighted by Gasteiger charge is 2.06. The highest BCUT2D eigenvalue weighted by Crippen LogP contribution is 2.17. The van der Waals surface area contributed by atoms with Crippen molar-refractivity contribution in [3.05, 3.63) is 29.8 Å². The second-order valence-electron chi connectivity index (χ2n) is 1.91. The van der Waals surface area contributed by atoms with E-state index in [0.717, 1.165) is 0 Å². The van der Waals surface area contributed by atoms with Gasteiger partial charge in [0.15, 0.2) is 0 Å². The maximum absolute atomic E-state index is 10.5. The molecule has 0 heterocycles. The predicted octanol–water partition coefficient (Wildman–Crippen LogP) is 1.91. The van der Waals surface area contributed by atoms with Gasteiger partial charge in [0.25, 0.3) is 0 Å². The van der Waals surface area contributed by atoms with E-state index in [4.69, 9.17) is 5.11 Å². The zero-order valence-electron chi connectivity index (χ0n) is 6.23. The second-order valence-corrected chi connectivity index (χ2v) is 2.10. The van der Waals surface area contributed by atoms with Crippen molar-refractivity contribution < 1.29 is 9.90 Å². The Labute approximate surface area is 75.0 Å². The van der Waals surface area contributed by atoms with Crippen LogP contribution in [0.2, 0.25) is 0 Å². The van der Waals surface area contributed by atoms with Crippen LogP contribution in [0.3, 0.4) is 0 Å². The van der Waals surface area contributed by atoms with Crippen LogP contribution in [-0.4, -0.2) is 11.1 Å². The molecule has 0 saturated carbocycles. The summed E-state index contributed by atoms with van der Waals surface area (Å²) in [6.45, 7) is 0. The molecule has 4 nitrogen and oxygen atoms in total. The van der Waals surface area contributed by atoms with E-state index < -0.39 is 5.97 Å². The van der Waals surface area contributed by atoms with Crippen molar-refractivity contribution in [2.75, 3.05) is 0 Å². The lowest BCUT2D eigenvalue weighted by atomic mass is 10.2. The highest BCUT2D eigenvalue weighted by atomic mass is 32.1. The number of hydrogen-bond donors (Lipinski definition) is 2. The fourth-order valence-corrected chi connectivity index (χ4v) is 0.893. The molecule has 12 heavy (non-hydrogen) atoms. The molecule has 5 heteroatoms. The van der Waals surface area contributed by atoms with E-state index in [9.17, 15) is 4.79 Å². The predicted molar refractivity (Wildman–Crippen MR) is 47.9 cm³/mol.